The highest BCUT2D eigenvalue weighted by Gasteiger charge is 2.31. The summed E-state index contributed by atoms with van der Waals surface area (Å²) >= 11 is 1.04. The van der Waals surface area contributed by atoms with Crippen molar-refractivity contribution >= 4 is 46.1 Å². The number of fused-ring (bicyclic) bond motifs is 1. The van der Waals surface area contributed by atoms with Gasteiger partial charge in [-0.15, -0.1) is 13.2 Å². The minimum absolute atomic E-state index is 0. The number of amides is 1. The fourth-order valence-electron chi connectivity index (χ4n) is 1.37. The van der Waals surface area contributed by atoms with Crippen LogP contribution >= 0.6 is 24.8 Å². The summed E-state index contributed by atoms with van der Waals surface area (Å²) in [5, 5.41) is 2.75. The SMILES string of the molecule is C[C@H](N)C(=O)Nc1nc2ccc(OC(F)(F)F)cc2s1.S. The first-order chi connectivity index (χ1) is 9.24. The van der Waals surface area contributed by atoms with Gasteiger partial charge in [0.1, 0.15) is 5.75 Å². The molecule has 1 heterocycles. The highest BCUT2D eigenvalue weighted by Crippen LogP contribution is 2.31. The lowest BCUT2D eigenvalue weighted by Crippen LogP contribution is -2.32. The van der Waals surface area contributed by atoms with Crippen molar-refractivity contribution < 1.29 is 22.7 Å². The van der Waals surface area contributed by atoms with Gasteiger partial charge in [-0.2, -0.15) is 13.5 Å². The molecule has 0 unspecified atom stereocenters. The number of hydrogen-bond acceptors (Lipinski definition) is 5. The largest absolute Gasteiger partial charge is 0.573 e. The monoisotopic (exact) mass is 339 g/mol. The van der Waals surface area contributed by atoms with Crippen LogP contribution in [0.3, 0.4) is 0 Å². The maximum atomic E-state index is 12.1. The highest BCUT2D eigenvalue weighted by molar-refractivity contribution is 7.59. The van der Waals surface area contributed by atoms with E-state index in [1.807, 2.05) is 0 Å². The van der Waals surface area contributed by atoms with Crippen molar-refractivity contribution in [3.8, 4) is 5.75 Å². The first kappa shape index (κ1) is 17.5. The van der Waals surface area contributed by atoms with E-state index in [4.69, 9.17) is 5.73 Å². The first-order valence-electron chi connectivity index (χ1n) is 5.47. The zero-order chi connectivity index (χ0) is 14.9. The zero-order valence-corrected chi connectivity index (χ0v) is 12.5. The molecular weight excluding hydrogens is 327 g/mol. The molecule has 0 bridgehead atoms. The molecule has 0 aliphatic carbocycles. The van der Waals surface area contributed by atoms with Gasteiger partial charge in [-0.25, -0.2) is 4.98 Å². The summed E-state index contributed by atoms with van der Waals surface area (Å²) in [6.07, 6.45) is -4.75. The Labute approximate surface area is 128 Å². The van der Waals surface area contributed by atoms with Gasteiger partial charge < -0.3 is 15.8 Å². The van der Waals surface area contributed by atoms with Crippen molar-refractivity contribution in [2.45, 2.75) is 19.3 Å². The number of nitrogens with zero attached hydrogens (tertiary/aromatic N) is 1. The van der Waals surface area contributed by atoms with Crippen LogP contribution in [0.25, 0.3) is 10.2 Å². The van der Waals surface area contributed by atoms with Crippen LogP contribution in [-0.4, -0.2) is 23.3 Å². The van der Waals surface area contributed by atoms with E-state index in [1.54, 1.807) is 0 Å². The number of nitrogens with one attached hydrogen (secondary N) is 1. The summed E-state index contributed by atoms with van der Waals surface area (Å²) in [5.41, 5.74) is 5.85. The van der Waals surface area contributed by atoms with Crippen LogP contribution in [0.5, 0.6) is 5.75 Å². The molecule has 0 saturated carbocycles. The molecule has 3 N–H and O–H groups in total. The topological polar surface area (TPSA) is 77.2 Å². The average molecular weight is 339 g/mol. The Morgan fingerprint density at radius 2 is 2.14 bits per heavy atom. The van der Waals surface area contributed by atoms with Crippen molar-refractivity contribution in [1.29, 1.82) is 0 Å². The number of carbonyl (C=O) groups is 1. The van der Waals surface area contributed by atoms with Crippen LogP contribution in [0.1, 0.15) is 6.92 Å². The minimum Gasteiger partial charge on any atom is -0.406 e. The minimum atomic E-state index is -4.75. The number of benzene rings is 1. The number of halogens is 3. The summed E-state index contributed by atoms with van der Waals surface area (Å²) in [7, 11) is 0. The van der Waals surface area contributed by atoms with Gasteiger partial charge in [0, 0.05) is 6.07 Å². The predicted octanol–water partition coefficient (Wildman–Crippen LogP) is 2.59. The van der Waals surface area contributed by atoms with Gasteiger partial charge in [-0.05, 0) is 19.1 Å². The van der Waals surface area contributed by atoms with E-state index >= 15 is 0 Å². The van der Waals surface area contributed by atoms with Gasteiger partial charge in [-0.1, -0.05) is 11.3 Å². The van der Waals surface area contributed by atoms with Gasteiger partial charge in [0.25, 0.3) is 0 Å². The van der Waals surface area contributed by atoms with Crippen molar-refractivity contribution in [3.05, 3.63) is 18.2 Å². The van der Waals surface area contributed by atoms with Gasteiger partial charge in [0.2, 0.25) is 5.91 Å². The van der Waals surface area contributed by atoms with Crippen molar-refractivity contribution in [2.75, 3.05) is 5.32 Å². The molecule has 1 aromatic carbocycles. The average Bonchev–Trinajstić information content (AvgIpc) is 2.68. The number of rotatable bonds is 3. The van der Waals surface area contributed by atoms with Crippen LogP contribution in [0.4, 0.5) is 18.3 Å². The molecule has 10 heteroatoms. The Balaban J connectivity index is 0.00000220. The van der Waals surface area contributed by atoms with Gasteiger partial charge in [-0.3, -0.25) is 4.79 Å². The number of thiazole rings is 1. The normalized spacial score (nSPS) is 12.6. The Morgan fingerprint density at radius 1 is 1.48 bits per heavy atom. The summed E-state index contributed by atoms with van der Waals surface area (Å²) in [5.74, 6) is -0.755. The molecule has 0 radical (unpaired) electrons. The van der Waals surface area contributed by atoms with Gasteiger partial charge in [0.15, 0.2) is 5.13 Å². The number of hydrogen-bond donors (Lipinski definition) is 2. The third-order valence-corrected chi connectivity index (χ3v) is 3.17. The summed E-state index contributed by atoms with van der Waals surface area (Å²) < 4.78 is 40.6. The van der Waals surface area contributed by atoms with E-state index in [-0.39, 0.29) is 24.4 Å². The summed E-state index contributed by atoms with van der Waals surface area (Å²) in [4.78, 5) is 15.5. The Morgan fingerprint density at radius 3 is 2.71 bits per heavy atom. The molecule has 2 rings (SSSR count). The van der Waals surface area contributed by atoms with Crippen LogP contribution in [-0.2, 0) is 4.79 Å². The molecule has 0 saturated heterocycles. The quantitative estimate of drug-likeness (QED) is 0.901. The van der Waals surface area contributed by atoms with Gasteiger partial charge in [0.05, 0.1) is 16.3 Å². The molecule has 0 fully saturated rings. The molecule has 2 aromatic rings. The van der Waals surface area contributed by atoms with Crippen molar-refractivity contribution in [3.63, 3.8) is 0 Å². The Kier molecular flexibility index (Phi) is 5.42. The third-order valence-electron chi connectivity index (χ3n) is 2.24. The molecule has 0 aliphatic heterocycles. The second kappa shape index (κ2) is 6.50. The fourth-order valence-corrected chi connectivity index (χ4v) is 2.27. The molecule has 0 spiro atoms. The maximum absolute atomic E-state index is 12.1. The van der Waals surface area contributed by atoms with E-state index in [9.17, 15) is 18.0 Å². The van der Waals surface area contributed by atoms with Crippen molar-refractivity contribution in [1.82, 2.24) is 4.98 Å². The Bertz CT molecular complexity index is 643. The van der Waals surface area contributed by atoms with Crippen molar-refractivity contribution in [2.24, 2.45) is 5.73 Å². The fraction of sp³-hybridized carbons (Fsp3) is 0.273. The summed E-state index contributed by atoms with van der Waals surface area (Å²) in [6, 6.07) is 3.05. The number of anilines is 1. The lowest BCUT2D eigenvalue weighted by atomic mass is 10.3. The van der Waals surface area contributed by atoms with Crippen LogP contribution < -0.4 is 15.8 Å². The number of carbonyl (C=O) groups excluding carboxylic acids is 1. The molecule has 1 aromatic heterocycles. The van der Waals surface area contributed by atoms with Crippen LogP contribution in [0.2, 0.25) is 0 Å². The number of alkyl halides is 3. The molecule has 0 aliphatic rings. The molecule has 21 heavy (non-hydrogen) atoms. The van der Waals surface area contributed by atoms with E-state index < -0.39 is 18.3 Å². The number of aromatic nitrogens is 1. The molecule has 116 valence electrons. The van der Waals surface area contributed by atoms with Crippen LogP contribution in [0, 0.1) is 0 Å². The van der Waals surface area contributed by atoms with E-state index in [1.165, 1.54) is 19.1 Å². The second-order valence-corrected chi connectivity index (χ2v) is 5.00. The molecule has 1 amide bonds. The highest BCUT2D eigenvalue weighted by atomic mass is 32.1. The van der Waals surface area contributed by atoms with E-state index in [0.29, 0.717) is 10.2 Å². The first-order valence-corrected chi connectivity index (χ1v) is 6.29. The second-order valence-electron chi connectivity index (χ2n) is 3.97. The summed E-state index contributed by atoms with van der Waals surface area (Å²) in [6.45, 7) is 1.51. The van der Waals surface area contributed by atoms with E-state index in [2.05, 4.69) is 15.0 Å². The Hall–Kier alpha value is -1.52. The standard InChI is InChI=1S/C11H10F3N3O2S.H2S/c1-5(15)9(18)17-10-16-7-3-2-6(4-8(7)20-10)19-11(12,13)14;/h2-5H,15H2,1H3,(H,16,17,18);1H2/t5-;/m0./s1. The molecule has 1 atom stereocenters. The van der Waals surface area contributed by atoms with Crippen LogP contribution in [0.15, 0.2) is 18.2 Å². The zero-order valence-electron chi connectivity index (χ0n) is 10.7. The number of ether oxygens (including phenoxy) is 1. The van der Waals surface area contributed by atoms with Gasteiger partial charge >= 0.3 is 6.36 Å². The lowest BCUT2D eigenvalue weighted by molar-refractivity contribution is -0.274. The molecule has 5 nitrogen and oxygen atoms in total. The third kappa shape index (κ3) is 4.76. The van der Waals surface area contributed by atoms with E-state index in [0.717, 1.165) is 17.4 Å². The lowest BCUT2D eigenvalue weighted by Gasteiger charge is -2.07. The smallest absolute Gasteiger partial charge is 0.406 e. The maximum Gasteiger partial charge on any atom is 0.573 e. The predicted molar refractivity (Wildman–Crippen MR) is 79.0 cm³/mol. The number of nitrogens with two attached hydrogens (primary N) is 1. The molecular formula is C11H12F3N3O2S2.